The molecule has 0 spiro atoms. The number of hydrogen-bond acceptors (Lipinski definition) is 8. The van der Waals surface area contributed by atoms with Crippen LogP contribution in [0.15, 0.2) is 24.8 Å². The molecule has 0 aliphatic carbocycles. The van der Waals surface area contributed by atoms with E-state index in [9.17, 15) is 9.59 Å². The average molecular weight is 333 g/mol. The van der Waals surface area contributed by atoms with E-state index < -0.39 is 17.9 Å². The molecule has 0 saturated heterocycles. The first kappa shape index (κ1) is 17.4. The number of ether oxygens (including phenoxy) is 2. The first-order valence-corrected chi connectivity index (χ1v) is 7.26. The number of rotatable bonds is 7. The van der Waals surface area contributed by atoms with E-state index in [1.54, 1.807) is 19.5 Å². The maximum atomic E-state index is 11.6. The summed E-state index contributed by atoms with van der Waals surface area (Å²) >= 11 is 0. The van der Waals surface area contributed by atoms with Crippen molar-refractivity contribution in [3.63, 3.8) is 0 Å². The van der Waals surface area contributed by atoms with Gasteiger partial charge in [0.25, 0.3) is 0 Å². The molecular formula is C15H19N5O4. The Labute approximate surface area is 138 Å². The highest BCUT2D eigenvalue weighted by Gasteiger charge is 2.27. The van der Waals surface area contributed by atoms with Crippen molar-refractivity contribution in [1.29, 1.82) is 0 Å². The van der Waals surface area contributed by atoms with Gasteiger partial charge < -0.3 is 19.4 Å². The molecule has 0 bridgehead atoms. The van der Waals surface area contributed by atoms with Crippen molar-refractivity contribution in [3.8, 4) is 0 Å². The van der Waals surface area contributed by atoms with E-state index in [1.165, 1.54) is 20.5 Å². The highest BCUT2D eigenvalue weighted by molar-refractivity contribution is 5.94. The van der Waals surface area contributed by atoms with Gasteiger partial charge in [0.05, 0.1) is 20.5 Å². The van der Waals surface area contributed by atoms with Crippen LogP contribution in [-0.4, -0.2) is 52.7 Å². The molecule has 128 valence electrons. The number of nitrogens with one attached hydrogen (secondary N) is 1. The fourth-order valence-electron chi connectivity index (χ4n) is 2.19. The minimum Gasteiger partial charge on any atom is -0.468 e. The second-order valence-corrected chi connectivity index (χ2v) is 4.85. The van der Waals surface area contributed by atoms with Crippen molar-refractivity contribution in [1.82, 2.24) is 19.5 Å². The molecule has 0 atom stereocenters. The van der Waals surface area contributed by atoms with Crippen LogP contribution >= 0.6 is 0 Å². The van der Waals surface area contributed by atoms with E-state index in [0.29, 0.717) is 23.5 Å². The smallest absolute Gasteiger partial charge is 0.320 e. The number of esters is 2. The Hall–Kier alpha value is -2.97. The average Bonchev–Trinajstić information content (AvgIpc) is 3.03. The molecule has 0 aromatic carbocycles. The van der Waals surface area contributed by atoms with Crippen LogP contribution in [0.5, 0.6) is 0 Å². The summed E-state index contributed by atoms with van der Waals surface area (Å²) < 4.78 is 11.1. The highest BCUT2D eigenvalue weighted by atomic mass is 16.5. The number of nitrogens with zero attached hydrogens (tertiary/aromatic N) is 4. The number of carbonyl (C=O) groups is 2. The van der Waals surface area contributed by atoms with E-state index in [2.05, 4.69) is 29.7 Å². The number of fused-ring (bicyclic) bond motifs is 1. The minimum absolute atomic E-state index is 0.197. The predicted octanol–water partition coefficient (Wildman–Crippen LogP) is 0.776. The van der Waals surface area contributed by atoms with Crippen molar-refractivity contribution in [2.75, 3.05) is 26.6 Å². The van der Waals surface area contributed by atoms with Gasteiger partial charge in [-0.2, -0.15) is 0 Å². The zero-order chi connectivity index (χ0) is 17.5. The number of aromatic nitrogens is 4. The van der Waals surface area contributed by atoms with E-state index in [4.69, 9.17) is 0 Å². The molecule has 0 saturated carbocycles. The maximum absolute atomic E-state index is 11.6. The van der Waals surface area contributed by atoms with E-state index in [-0.39, 0.29) is 6.42 Å². The van der Waals surface area contributed by atoms with Gasteiger partial charge in [0, 0.05) is 13.6 Å². The number of carbonyl (C=O) groups excluding carboxylic acids is 2. The Kier molecular flexibility index (Phi) is 5.83. The van der Waals surface area contributed by atoms with Crippen LogP contribution in [0.3, 0.4) is 0 Å². The van der Waals surface area contributed by atoms with Gasteiger partial charge in [-0.15, -0.1) is 0 Å². The fraction of sp³-hybridized carbons (Fsp3) is 0.400. The third-order valence-electron chi connectivity index (χ3n) is 3.45. The second-order valence-electron chi connectivity index (χ2n) is 4.85. The fourth-order valence-corrected chi connectivity index (χ4v) is 2.19. The molecule has 2 rings (SSSR count). The van der Waals surface area contributed by atoms with Crippen LogP contribution in [0.25, 0.3) is 11.2 Å². The molecule has 0 fully saturated rings. The third-order valence-corrected chi connectivity index (χ3v) is 3.45. The number of imidazole rings is 1. The van der Waals surface area contributed by atoms with Crippen LogP contribution in [0.2, 0.25) is 0 Å². The Morgan fingerprint density at radius 1 is 1.21 bits per heavy atom. The summed E-state index contributed by atoms with van der Waals surface area (Å²) in [5.74, 6) is -1.55. The number of methoxy groups -OCH3 is 2. The Balaban J connectivity index is 2.06. The summed E-state index contributed by atoms with van der Waals surface area (Å²) in [6, 6.07) is 0. The lowest BCUT2D eigenvalue weighted by Crippen LogP contribution is -2.25. The molecular weight excluding hydrogens is 314 g/mol. The molecule has 9 heteroatoms. The first-order chi connectivity index (χ1) is 11.6. The van der Waals surface area contributed by atoms with Crippen LogP contribution in [0.4, 0.5) is 5.82 Å². The molecule has 2 aromatic heterocycles. The van der Waals surface area contributed by atoms with Gasteiger partial charge in [-0.05, 0) is 6.42 Å². The molecule has 0 unspecified atom stereocenters. The van der Waals surface area contributed by atoms with Crippen LogP contribution < -0.4 is 5.32 Å². The van der Waals surface area contributed by atoms with Gasteiger partial charge in [-0.1, -0.05) is 12.2 Å². The normalized spacial score (nSPS) is 11.2. The van der Waals surface area contributed by atoms with Gasteiger partial charge >= 0.3 is 11.9 Å². The highest BCUT2D eigenvalue weighted by Crippen LogP contribution is 2.16. The summed E-state index contributed by atoms with van der Waals surface area (Å²) in [5, 5.41) is 2.96. The summed E-state index contributed by atoms with van der Waals surface area (Å²) in [6.45, 7) is 0.492. The maximum Gasteiger partial charge on any atom is 0.320 e. The summed E-state index contributed by atoms with van der Waals surface area (Å²) in [6.07, 6.45) is 6.86. The summed E-state index contributed by atoms with van der Waals surface area (Å²) in [4.78, 5) is 35.8. The van der Waals surface area contributed by atoms with Crippen LogP contribution in [0, 0.1) is 5.92 Å². The topological polar surface area (TPSA) is 108 Å². The minimum atomic E-state index is -0.964. The molecule has 0 amide bonds. The zero-order valence-corrected chi connectivity index (χ0v) is 13.7. The van der Waals surface area contributed by atoms with Gasteiger partial charge in [-0.3, -0.25) is 9.59 Å². The van der Waals surface area contributed by atoms with E-state index in [0.717, 1.165) is 0 Å². The predicted molar refractivity (Wildman–Crippen MR) is 86.1 cm³/mol. The molecule has 2 aromatic rings. The largest absolute Gasteiger partial charge is 0.468 e. The monoisotopic (exact) mass is 333 g/mol. The third kappa shape index (κ3) is 3.67. The molecule has 0 aliphatic heterocycles. The quantitative estimate of drug-likeness (QED) is 0.450. The second kappa shape index (κ2) is 8.04. The molecule has 2 heterocycles. The Bertz CT molecular complexity index is 739. The summed E-state index contributed by atoms with van der Waals surface area (Å²) in [5.41, 5.74) is 1.37. The summed E-state index contributed by atoms with van der Waals surface area (Å²) in [7, 11) is 4.23. The lowest BCUT2D eigenvalue weighted by molar-refractivity contribution is -0.158. The Morgan fingerprint density at radius 2 is 1.92 bits per heavy atom. The lowest BCUT2D eigenvalue weighted by atomic mass is 10.1. The van der Waals surface area contributed by atoms with Gasteiger partial charge in [0.2, 0.25) is 0 Å². The Morgan fingerprint density at radius 3 is 2.54 bits per heavy atom. The zero-order valence-electron chi connectivity index (χ0n) is 13.7. The number of anilines is 1. The van der Waals surface area contributed by atoms with Gasteiger partial charge in [0.15, 0.2) is 17.4 Å². The van der Waals surface area contributed by atoms with Crippen LogP contribution in [-0.2, 0) is 25.6 Å². The van der Waals surface area contributed by atoms with Crippen molar-refractivity contribution >= 4 is 28.9 Å². The van der Waals surface area contributed by atoms with Crippen molar-refractivity contribution in [3.05, 3.63) is 24.8 Å². The SMILES string of the molecule is CNc1ncnc2c1ncn2C/C=C/CC(C(=O)OC)C(=O)OC. The van der Waals surface area contributed by atoms with Crippen LogP contribution in [0.1, 0.15) is 6.42 Å². The molecule has 9 nitrogen and oxygen atoms in total. The first-order valence-electron chi connectivity index (χ1n) is 7.26. The van der Waals surface area contributed by atoms with Gasteiger partial charge in [-0.25, -0.2) is 15.0 Å². The van der Waals surface area contributed by atoms with Crippen molar-refractivity contribution in [2.45, 2.75) is 13.0 Å². The van der Waals surface area contributed by atoms with E-state index >= 15 is 0 Å². The van der Waals surface area contributed by atoms with Crippen molar-refractivity contribution in [2.24, 2.45) is 5.92 Å². The molecule has 24 heavy (non-hydrogen) atoms. The molecule has 0 aliphatic rings. The standard InChI is InChI=1S/C15H19N5O4/c1-16-12-11-13(18-8-17-12)20(9-19-11)7-5-4-6-10(14(21)23-2)15(22)24-3/h4-5,8-10H,6-7H2,1-3H3,(H,16,17,18)/b5-4+. The van der Waals surface area contributed by atoms with Gasteiger partial charge in [0.1, 0.15) is 11.8 Å². The molecule has 0 radical (unpaired) electrons. The van der Waals surface area contributed by atoms with Crippen molar-refractivity contribution < 1.29 is 19.1 Å². The molecule has 1 N–H and O–H groups in total. The van der Waals surface area contributed by atoms with E-state index in [1.807, 2.05) is 10.6 Å². The number of hydrogen-bond donors (Lipinski definition) is 1. The lowest BCUT2D eigenvalue weighted by Gasteiger charge is -2.09. The number of allylic oxidation sites excluding steroid dienone is 2.